The number of nitrogens with zero attached hydrogens (tertiary/aromatic N) is 3. The fourth-order valence-corrected chi connectivity index (χ4v) is 5.66. The number of rotatable bonds is 13. The molecule has 3 aromatic carbocycles. The summed E-state index contributed by atoms with van der Waals surface area (Å²) in [6.07, 6.45) is 7.97. The maximum absolute atomic E-state index is 5.47. The molecule has 0 aromatic heterocycles. The molecule has 5 heteroatoms. The first kappa shape index (κ1) is 28.7. The lowest BCUT2D eigenvalue weighted by molar-refractivity contribution is 0.390. The molecule has 0 saturated carbocycles. The largest absolute Gasteiger partial charge is 0.497 e. The molecule has 0 saturated heterocycles. The zero-order chi connectivity index (χ0) is 27.8. The molecule has 0 N–H and O–H groups in total. The average molecular weight is 528 g/mol. The monoisotopic (exact) mass is 527 g/mol. The Bertz CT molecular complexity index is 1150. The van der Waals surface area contributed by atoms with E-state index in [4.69, 9.17) is 9.47 Å². The van der Waals surface area contributed by atoms with Crippen LogP contribution in [0, 0.1) is 0 Å². The van der Waals surface area contributed by atoms with E-state index >= 15 is 0 Å². The van der Waals surface area contributed by atoms with Crippen LogP contribution in [0.1, 0.15) is 35.1 Å². The first-order chi connectivity index (χ1) is 18.9. The first-order valence-corrected chi connectivity index (χ1v) is 14.0. The quantitative estimate of drug-likeness (QED) is 0.273. The molecule has 0 fully saturated rings. The summed E-state index contributed by atoms with van der Waals surface area (Å²) in [5, 5.41) is 0. The Morgan fingerprint density at radius 2 is 1.18 bits per heavy atom. The van der Waals surface area contributed by atoms with Crippen LogP contribution in [-0.4, -0.2) is 78.4 Å². The summed E-state index contributed by atoms with van der Waals surface area (Å²) in [6, 6.07) is 23.9. The predicted molar refractivity (Wildman–Crippen MR) is 165 cm³/mol. The Kier molecular flexibility index (Phi) is 9.71. The molecule has 0 amide bonds. The van der Waals surface area contributed by atoms with Crippen molar-refractivity contribution in [2.45, 2.75) is 24.7 Å². The van der Waals surface area contributed by atoms with Gasteiger partial charge in [0.2, 0.25) is 0 Å². The van der Waals surface area contributed by atoms with Gasteiger partial charge in [0.1, 0.15) is 11.5 Å². The minimum absolute atomic E-state index is 0.273. The smallest absolute Gasteiger partial charge is 0.118 e. The van der Waals surface area contributed by atoms with Crippen molar-refractivity contribution >= 4 is 11.8 Å². The van der Waals surface area contributed by atoms with Crippen LogP contribution in [0.2, 0.25) is 0 Å². The molecule has 0 bridgehead atoms. The number of methoxy groups -OCH3 is 2. The number of fused-ring (bicyclic) bond motifs is 1. The van der Waals surface area contributed by atoms with Gasteiger partial charge in [-0.3, -0.25) is 0 Å². The lowest BCUT2D eigenvalue weighted by atomic mass is 9.67. The van der Waals surface area contributed by atoms with Crippen molar-refractivity contribution in [1.29, 1.82) is 0 Å². The van der Waals surface area contributed by atoms with Crippen LogP contribution in [0.4, 0.5) is 5.69 Å². The van der Waals surface area contributed by atoms with E-state index in [0.29, 0.717) is 0 Å². The van der Waals surface area contributed by atoms with E-state index in [-0.39, 0.29) is 5.41 Å². The summed E-state index contributed by atoms with van der Waals surface area (Å²) in [5.74, 6) is 1.74. The summed E-state index contributed by atoms with van der Waals surface area (Å²) in [6.45, 7) is 4.29. The highest BCUT2D eigenvalue weighted by Gasteiger charge is 2.35. The van der Waals surface area contributed by atoms with Crippen molar-refractivity contribution in [2.24, 2.45) is 0 Å². The van der Waals surface area contributed by atoms with Gasteiger partial charge in [-0.1, -0.05) is 48.6 Å². The zero-order valence-corrected chi connectivity index (χ0v) is 24.6. The third-order valence-electron chi connectivity index (χ3n) is 7.79. The number of hydrogen-bond acceptors (Lipinski definition) is 5. The SMILES string of the molecule is COc1ccc(C2(c3ccc(OC)cc3)C=Cc3c(cccc3N(CCCN(C)C)CCCN(C)C)C2)cc1. The van der Waals surface area contributed by atoms with Gasteiger partial charge in [-0.25, -0.2) is 0 Å². The molecule has 1 aliphatic rings. The maximum Gasteiger partial charge on any atom is 0.118 e. The van der Waals surface area contributed by atoms with Gasteiger partial charge in [0.15, 0.2) is 0 Å². The maximum atomic E-state index is 5.47. The highest BCUT2D eigenvalue weighted by Crippen LogP contribution is 2.44. The predicted octanol–water partition coefficient (Wildman–Crippen LogP) is 5.97. The summed E-state index contributed by atoms with van der Waals surface area (Å²) in [7, 11) is 12.1. The molecule has 0 atom stereocenters. The summed E-state index contributed by atoms with van der Waals surface area (Å²) in [4.78, 5) is 7.15. The lowest BCUT2D eigenvalue weighted by Gasteiger charge is -2.37. The molecule has 39 heavy (non-hydrogen) atoms. The van der Waals surface area contributed by atoms with Crippen molar-refractivity contribution in [3.8, 4) is 11.5 Å². The molecule has 5 nitrogen and oxygen atoms in total. The van der Waals surface area contributed by atoms with Gasteiger partial charge in [-0.05, 0) is 108 Å². The van der Waals surface area contributed by atoms with Crippen LogP contribution in [0.15, 0.2) is 72.8 Å². The van der Waals surface area contributed by atoms with Crippen LogP contribution in [0.5, 0.6) is 11.5 Å². The van der Waals surface area contributed by atoms with Gasteiger partial charge in [0, 0.05) is 29.8 Å². The van der Waals surface area contributed by atoms with Gasteiger partial charge >= 0.3 is 0 Å². The molecule has 0 spiro atoms. The second-order valence-corrected chi connectivity index (χ2v) is 11.1. The first-order valence-electron chi connectivity index (χ1n) is 14.0. The van der Waals surface area contributed by atoms with Gasteiger partial charge in [0.05, 0.1) is 14.2 Å². The fraction of sp³-hybridized carbons (Fsp3) is 0.412. The number of ether oxygens (including phenoxy) is 2. The van der Waals surface area contributed by atoms with Crippen LogP contribution >= 0.6 is 0 Å². The molecule has 0 aliphatic heterocycles. The van der Waals surface area contributed by atoms with Crippen LogP contribution in [-0.2, 0) is 11.8 Å². The van der Waals surface area contributed by atoms with Crippen molar-refractivity contribution in [3.05, 3.63) is 95.1 Å². The van der Waals surface area contributed by atoms with Gasteiger partial charge in [0.25, 0.3) is 0 Å². The molecule has 3 aromatic rings. The second kappa shape index (κ2) is 13.2. The van der Waals surface area contributed by atoms with Gasteiger partial charge in [-0.15, -0.1) is 0 Å². The Labute approximate surface area is 235 Å². The molecule has 208 valence electrons. The third-order valence-corrected chi connectivity index (χ3v) is 7.79. The molecule has 0 unspecified atom stereocenters. The van der Waals surface area contributed by atoms with Crippen LogP contribution in [0.3, 0.4) is 0 Å². The zero-order valence-electron chi connectivity index (χ0n) is 24.6. The highest BCUT2D eigenvalue weighted by molar-refractivity contribution is 5.75. The lowest BCUT2D eigenvalue weighted by Crippen LogP contribution is -2.33. The van der Waals surface area contributed by atoms with Crippen molar-refractivity contribution in [1.82, 2.24) is 9.80 Å². The number of allylic oxidation sites excluding steroid dienone is 1. The second-order valence-electron chi connectivity index (χ2n) is 11.1. The van der Waals surface area contributed by atoms with E-state index in [1.165, 1.54) is 27.9 Å². The molecular weight excluding hydrogens is 482 g/mol. The minimum atomic E-state index is -0.273. The molecule has 0 radical (unpaired) electrons. The Morgan fingerprint density at radius 1 is 0.667 bits per heavy atom. The molecule has 0 heterocycles. The number of benzene rings is 3. The molecular formula is C34H45N3O2. The third kappa shape index (κ3) is 6.84. The number of hydrogen-bond donors (Lipinski definition) is 0. The Morgan fingerprint density at radius 3 is 1.64 bits per heavy atom. The standard InChI is InChI=1S/C34H45N3O2/c1-35(2)22-8-24-37(25-9-23-36(3)4)33-11-7-10-27-26-34(21-20-32(27)33,28-12-16-30(38-5)17-13-28)29-14-18-31(39-6)19-15-29/h7,10-21H,8-9,22-26H2,1-6H3. The Balaban J connectivity index is 1.73. The van der Waals surface area contributed by atoms with E-state index in [1.807, 2.05) is 0 Å². The topological polar surface area (TPSA) is 28.2 Å². The van der Waals surface area contributed by atoms with E-state index < -0.39 is 0 Å². The fourth-order valence-electron chi connectivity index (χ4n) is 5.66. The van der Waals surface area contributed by atoms with Gasteiger partial charge < -0.3 is 24.2 Å². The minimum Gasteiger partial charge on any atom is -0.497 e. The summed E-state index contributed by atoms with van der Waals surface area (Å²) in [5.41, 5.74) is 6.32. The highest BCUT2D eigenvalue weighted by atomic mass is 16.5. The van der Waals surface area contributed by atoms with E-state index in [0.717, 1.165) is 56.9 Å². The normalized spacial score (nSPS) is 13.9. The Hall–Kier alpha value is -3.28. The summed E-state index contributed by atoms with van der Waals surface area (Å²) >= 11 is 0. The van der Waals surface area contributed by atoms with E-state index in [1.54, 1.807) is 14.2 Å². The van der Waals surface area contributed by atoms with Crippen molar-refractivity contribution in [3.63, 3.8) is 0 Å². The molecule has 1 aliphatic carbocycles. The van der Waals surface area contributed by atoms with E-state index in [9.17, 15) is 0 Å². The van der Waals surface area contributed by atoms with Crippen LogP contribution < -0.4 is 14.4 Å². The number of anilines is 1. The van der Waals surface area contributed by atoms with Crippen molar-refractivity contribution in [2.75, 3.05) is 73.5 Å². The van der Waals surface area contributed by atoms with Crippen molar-refractivity contribution < 1.29 is 9.47 Å². The van der Waals surface area contributed by atoms with Gasteiger partial charge in [-0.2, -0.15) is 0 Å². The average Bonchev–Trinajstić information content (AvgIpc) is 2.95. The van der Waals surface area contributed by atoms with E-state index in [2.05, 4.69) is 122 Å². The summed E-state index contributed by atoms with van der Waals surface area (Å²) < 4.78 is 10.9. The van der Waals surface area contributed by atoms with Crippen LogP contribution in [0.25, 0.3) is 6.08 Å². The molecule has 4 rings (SSSR count).